The van der Waals surface area contributed by atoms with Crippen LogP contribution in [0.3, 0.4) is 0 Å². The van der Waals surface area contributed by atoms with Crippen LogP contribution < -0.4 is 11.1 Å². The molecule has 0 spiro atoms. The van der Waals surface area contributed by atoms with Crippen molar-refractivity contribution in [2.75, 3.05) is 11.9 Å². The van der Waals surface area contributed by atoms with Crippen LogP contribution in [-0.4, -0.2) is 34.6 Å². The number of anilines is 1. The van der Waals surface area contributed by atoms with Gasteiger partial charge in [-0.15, -0.1) is 0 Å². The molecule has 2 rings (SSSR count). The van der Waals surface area contributed by atoms with Crippen LogP contribution in [0.2, 0.25) is 5.02 Å². The molecule has 0 heterocycles. The van der Waals surface area contributed by atoms with Crippen molar-refractivity contribution in [1.82, 2.24) is 4.90 Å². The summed E-state index contributed by atoms with van der Waals surface area (Å²) in [6.07, 6.45) is 4.03. The van der Waals surface area contributed by atoms with Gasteiger partial charge in [-0.1, -0.05) is 35.7 Å². The quantitative estimate of drug-likeness (QED) is 0.345. The van der Waals surface area contributed by atoms with E-state index in [1.165, 1.54) is 0 Å². The van der Waals surface area contributed by atoms with Crippen LogP contribution in [0.25, 0.3) is 0 Å². The first-order valence-corrected chi connectivity index (χ1v) is 7.27. The molecule has 1 aromatic carbocycles. The van der Waals surface area contributed by atoms with Crippen LogP contribution in [-0.2, 0) is 0 Å². The summed E-state index contributed by atoms with van der Waals surface area (Å²) in [5.74, 6) is 0.0168. The van der Waals surface area contributed by atoms with E-state index in [-0.39, 0.29) is 24.5 Å². The molecule has 1 saturated carbocycles. The summed E-state index contributed by atoms with van der Waals surface area (Å²) in [5, 5.41) is 15.0. The third-order valence-corrected chi connectivity index (χ3v) is 3.80. The molecule has 0 unspecified atom stereocenters. The number of hydrogen-bond donors (Lipinski definition) is 3. The van der Waals surface area contributed by atoms with Gasteiger partial charge in [-0.3, -0.25) is 0 Å². The van der Waals surface area contributed by atoms with Gasteiger partial charge in [0, 0.05) is 16.8 Å². The molecule has 2 amide bonds. The summed E-state index contributed by atoms with van der Waals surface area (Å²) < 4.78 is 0. The molecule has 0 radical (unpaired) electrons. The van der Waals surface area contributed by atoms with Crippen molar-refractivity contribution in [3.8, 4) is 0 Å². The number of benzene rings is 1. The average Bonchev–Trinajstić information content (AvgIpc) is 2.98. The average molecular weight is 311 g/mol. The fraction of sp³-hybridized carbons (Fsp3) is 0.429. The summed E-state index contributed by atoms with van der Waals surface area (Å²) in [5.41, 5.74) is 6.17. The lowest BCUT2D eigenvalue weighted by atomic mass is 10.2. The van der Waals surface area contributed by atoms with Gasteiger partial charge >= 0.3 is 6.03 Å². The highest BCUT2D eigenvalue weighted by Gasteiger charge is 2.27. The van der Waals surface area contributed by atoms with Gasteiger partial charge in [0.15, 0.2) is 5.84 Å². The zero-order chi connectivity index (χ0) is 15.2. The first kappa shape index (κ1) is 15.4. The van der Waals surface area contributed by atoms with Gasteiger partial charge in [0.05, 0.1) is 6.54 Å². The summed E-state index contributed by atoms with van der Waals surface area (Å²) >= 11 is 5.90. The number of nitrogens with two attached hydrogens (primary N) is 1. The molecule has 114 valence electrons. The molecule has 1 fully saturated rings. The standard InChI is InChI=1S/C14H19ClN4O2/c15-10-4-3-5-11(8-10)17-14(20)19(9-13(16)18-21)12-6-1-2-7-12/h3-5,8,12,21H,1-2,6-7,9H2,(H2,16,18)(H,17,20). The monoisotopic (exact) mass is 310 g/mol. The van der Waals surface area contributed by atoms with Crippen molar-refractivity contribution in [1.29, 1.82) is 0 Å². The Bertz CT molecular complexity index is 529. The molecular weight excluding hydrogens is 292 g/mol. The Hall–Kier alpha value is -1.95. The Morgan fingerprint density at radius 3 is 2.81 bits per heavy atom. The van der Waals surface area contributed by atoms with E-state index in [9.17, 15) is 4.79 Å². The summed E-state index contributed by atoms with van der Waals surface area (Å²) in [6, 6.07) is 6.79. The molecule has 0 aliphatic heterocycles. The van der Waals surface area contributed by atoms with E-state index in [0.717, 1.165) is 25.7 Å². The summed E-state index contributed by atoms with van der Waals surface area (Å²) in [6.45, 7) is 0.105. The second kappa shape index (κ2) is 7.17. The van der Waals surface area contributed by atoms with Crippen LogP contribution in [0.4, 0.5) is 10.5 Å². The molecular formula is C14H19ClN4O2. The molecule has 0 aromatic heterocycles. The van der Waals surface area contributed by atoms with Crippen molar-refractivity contribution in [3.05, 3.63) is 29.3 Å². The SMILES string of the molecule is NC(CN(C(=O)Nc1cccc(Cl)c1)C1CCCC1)=NO. The van der Waals surface area contributed by atoms with Crippen molar-refractivity contribution in [2.45, 2.75) is 31.7 Å². The molecule has 4 N–H and O–H groups in total. The van der Waals surface area contributed by atoms with E-state index >= 15 is 0 Å². The van der Waals surface area contributed by atoms with E-state index in [2.05, 4.69) is 10.5 Å². The lowest BCUT2D eigenvalue weighted by Gasteiger charge is -2.28. The lowest BCUT2D eigenvalue weighted by Crippen LogP contribution is -2.46. The van der Waals surface area contributed by atoms with Crippen LogP contribution in [0.1, 0.15) is 25.7 Å². The number of carbonyl (C=O) groups excluding carboxylic acids is 1. The Kier molecular flexibility index (Phi) is 5.27. The number of rotatable bonds is 4. The molecule has 1 aliphatic carbocycles. The van der Waals surface area contributed by atoms with Gasteiger partial charge in [0.2, 0.25) is 0 Å². The number of amides is 2. The van der Waals surface area contributed by atoms with E-state index in [1.54, 1.807) is 29.2 Å². The van der Waals surface area contributed by atoms with Crippen LogP contribution in [0.5, 0.6) is 0 Å². The van der Waals surface area contributed by atoms with Crippen molar-refractivity contribution in [3.63, 3.8) is 0 Å². The fourth-order valence-corrected chi connectivity index (χ4v) is 2.74. The second-order valence-corrected chi connectivity index (χ2v) is 5.53. The van der Waals surface area contributed by atoms with Crippen molar-refractivity contribution >= 4 is 29.2 Å². The Morgan fingerprint density at radius 1 is 1.48 bits per heavy atom. The number of halogens is 1. The van der Waals surface area contributed by atoms with Gasteiger partial charge in [-0.05, 0) is 31.0 Å². The van der Waals surface area contributed by atoms with Crippen LogP contribution in [0.15, 0.2) is 29.4 Å². The van der Waals surface area contributed by atoms with E-state index < -0.39 is 0 Å². The highest BCUT2D eigenvalue weighted by Crippen LogP contribution is 2.24. The predicted octanol–water partition coefficient (Wildman–Crippen LogP) is 2.86. The maximum atomic E-state index is 12.4. The summed E-state index contributed by atoms with van der Waals surface area (Å²) in [7, 11) is 0. The number of urea groups is 1. The zero-order valence-corrected chi connectivity index (χ0v) is 12.4. The smallest absolute Gasteiger partial charge is 0.322 e. The molecule has 1 aliphatic rings. The predicted molar refractivity (Wildman–Crippen MR) is 82.8 cm³/mol. The van der Waals surface area contributed by atoms with Crippen molar-refractivity contribution < 1.29 is 10.0 Å². The largest absolute Gasteiger partial charge is 0.409 e. The Balaban J connectivity index is 2.09. The molecule has 0 atom stereocenters. The minimum Gasteiger partial charge on any atom is -0.409 e. The second-order valence-electron chi connectivity index (χ2n) is 5.10. The molecule has 1 aromatic rings. The highest BCUT2D eigenvalue weighted by atomic mass is 35.5. The first-order chi connectivity index (χ1) is 10.1. The number of nitrogens with zero attached hydrogens (tertiary/aromatic N) is 2. The maximum Gasteiger partial charge on any atom is 0.322 e. The van der Waals surface area contributed by atoms with E-state index in [0.29, 0.717) is 10.7 Å². The number of nitrogens with one attached hydrogen (secondary N) is 1. The zero-order valence-electron chi connectivity index (χ0n) is 11.6. The van der Waals surface area contributed by atoms with E-state index in [4.69, 9.17) is 22.5 Å². The Labute approximate surface area is 128 Å². The Morgan fingerprint density at radius 2 is 2.19 bits per heavy atom. The maximum absolute atomic E-state index is 12.4. The number of amidine groups is 1. The molecule has 0 bridgehead atoms. The minimum absolute atomic E-state index is 0.0168. The number of carbonyl (C=O) groups is 1. The molecule has 6 nitrogen and oxygen atoms in total. The third-order valence-electron chi connectivity index (χ3n) is 3.56. The van der Waals surface area contributed by atoms with E-state index in [1.807, 2.05) is 0 Å². The van der Waals surface area contributed by atoms with Gasteiger partial charge in [-0.2, -0.15) is 0 Å². The molecule has 21 heavy (non-hydrogen) atoms. The highest BCUT2D eigenvalue weighted by molar-refractivity contribution is 6.30. The van der Waals surface area contributed by atoms with Crippen LogP contribution >= 0.6 is 11.6 Å². The van der Waals surface area contributed by atoms with Gasteiger partial charge in [-0.25, -0.2) is 4.79 Å². The normalized spacial score (nSPS) is 16.0. The molecule has 7 heteroatoms. The third kappa shape index (κ3) is 4.26. The minimum atomic E-state index is -0.268. The van der Waals surface area contributed by atoms with Gasteiger partial charge in [0.1, 0.15) is 0 Å². The van der Waals surface area contributed by atoms with Crippen molar-refractivity contribution in [2.24, 2.45) is 10.9 Å². The summed E-state index contributed by atoms with van der Waals surface area (Å²) in [4.78, 5) is 14.1. The fourth-order valence-electron chi connectivity index (χ4n) is 2.55. The number of oxime groups is 1. The molecule has 0 saturated heterocycles. The number of hydrogen-bond acceptors (Lipinski definition) is 3. The lowest BCUT2D eigenvalue weighted by molar-refractivity contribution is 0.197. The topological polar surface area (TPSA) is 91.0 Å². The van der Waals surface area contributed by atoms with Gasteiger partial charge < -0.3 is 21.2 Å². The van der Waals surface area contributed by atoms with Gasteiger partial charge in [0.25, 0.3) is 0 Å². The first-order valence-electron chi connectivity index (χ1n) is 6.89. The van der Waals surface area contributed by atoms with Crippen LogP contribution in [0, 0.1) is 0 Å².